The Kier molecular flexibility index (Phi) is 5.89. The molecule has 6 nitrogen and oxygen atoms in total. The van der Waals surface area contributed by atoms with Gasteiger partial charge in [-0.15, -0.1) is 0 Å². The van der Waals surface area contributed by atoms with Gasteiger partial charge in [-0.3, -0.25) is 4.79 Å². The molecule has 6 heteroatoms. The van der Waals surface area contributed by atoms with Crippen molar-refractivity contribution in [2.24, 2.45) is 13.0 Å². The standard InChI is InChI=1S/C18H30N4O2/c1-14(13-15-5-11-24-12-6-15)20-16-3-8-22(9-4-16)17-18(23)21(2)10-7-19-17/h7,10,14-16,20H,3-6,8-9,11-13H2,1-2H3/t14-/m0/s1. The number of ether oxygens (including phenoxy) is 1. The first-order valence-corrected chi connectivity index (χ1v) is 9.24. The SMILES string of the molecule is C[C@@H](CC1CCOCC1)NC1CCN(c2nccn(C)c2=O)CC1. The molecule has 3 heterocycles. The van der Waals surface area contributed by atoms with Crippen molar-refractivity contribution in [3.63, 3.8) is 0 Å². The van der Waals surface area contributed by atoms with Gasteiger partial charge in [-0.05, 0) is 44.9 Å². The molecule has 1 N–H and O–H groups in total. The average molecular weight is 334 g/mol. The molecule has 0 radical (unpaired) electrons. The minimum atomic E-state index is -0.00297. The number of hydrogen-bond acceptors (Lipinski definition) is 5. The van der Waals surface area contributed by atoms with E-state index in [1.807, 2.05) is 0 Å². The van der Waals surface area contributed by atoms with E-state index in [1.165, 1.54) is 19.3 Å². The van der Waals surface area contributed by atoms with Crippen LogP contribution in [0.5, 0.6) is 0 Å². The van der Waals surface area contributed by atoms with Gasteiger partial charge in [0.05, 0.1) is 0 Å². The molecule has 2 aliphatic rings. The second-order valence-corrected chi connectivity index (χ2v) is 7.29. The van der Waals surface area contributed by atoms with Crippen LogP contribution in [0.2, 0.25) is 0 Å². The third kappa shape index (κ3) is 4.36. The van der Waals surface area contributed by atoms with Gasteiger partial charge in [0.15, 0.2) is 5.82 Å². The molecular formula is C18H30N4O2. The molecule has 2 aliphatic heterocycles. The van der Waals surface area contributed by atoms with Crippen LogP contribution in [0.15, 0.2) is 17.2 Å². The Hall–Kier alpha value is -1.40. The summed E-state index contributed by atoms with van der Waals surface area (Å²) in [6, 6.07) is 1.09. The predicted octanol–water partition coefficient (Wildman–Crippen LogP) is 1.54. The van der Waals surface area contributed by atoms with Crippen molar-refractivity contribution in [2.75, 3.05) is 31.2 Å². The van der Waals surface area contributed by atoms with E-state index in [2.05, 4.69) is 22.1 Å². The summed E-state index contributed by atoms with van der Waals surface area (Å²) in [6.45, 7) is 5.95. The average Bonchev–Trinajstić information content (AvgIpc) is 2.59. The Morgan fingerprint density at radius 3 is 2.71 bits per heavy atom. The lowest BCUT2D eigenvalue weighted by Gasteiger charge is -2.35. The van der Waals surface area contributed by atoms with Gasteiger partial charge in [0.1, 0.15) is 0 Å². The molecule has 24 heavy (non-hydrogen) atoms. The molecule has 2 fully saturated rings. The Balaban J connectivity index is 1.46. The summed E-state index contributed by atoms with van der Waals surface area (Å²) in [5.41, 5.74) is -0.00297. The maximum absolute atomic E-state index is 12.2. The van der Waals surface area contributed by atoms with Crippen molar-refractivity contribution >= 4 is 5.82 Å². The highest BCUT2D eigenvalue weighted by molar-refractivity contribution is 5.36. The van der Waals surface area contributed by atoms with E-state index in [0.29, 0.717) is 17.9 Å². The van der Waals surface area contributed by atoms with Crippen molar-refractivity contribution in [1.82, 2.24) is 14.9 Å². The van der Waals surface area contributed by atoms with E-state index in [4.69, 9.17) is 4.74 Å². The first-order valence-electron chi connectivity index (χ1n) is 9.24. The zero-order valence-corrected chi connectivity index (χ0v) is 14.9. The predicted molar refractivity (Wildman–Crippen MR) is 95.5 cm³/mol. The fraction of sp³-hybridized carbons (Fsp3) is 0.778. The lowest BCUT2D eigenvalue weighted by molar-refractivity contribution is 0.0606. The molecule has 0 bridgehead atoms. The normalized spacial score (nSPS) is 21.8. The van der Waals surface area contributed by atoms with Crippen LogP contribution in [0.3, 0.4) is 0 Å². The van der Waals surface area contributed by atoms with Crippen molar-refractivity contribution in [2.45, 2.75) is 51.1 Å². The van der Waals surface area contributed by atoms with Crippen LogP contribution in [-0.4, -0.2) is 47.9 Å². The van der Waals surface area contributed by atoms with Crippen LogP contribution in [-0.2, 0) is 11.8 Å². The largest absolute Gasteiger partial charge is 0.381 e. The molecule has 0 saturated carbocycles. The fourth-order valence-electron chi connectivity index (χ4n) is 3.91. The Morgan fingerprint density at radius 2 is 2.00 bits per heavy atom. The number of aryl methyl sites for hydroxylation is 1. The van der Waals surface area contributed by atoms with Crippen LogP contribution in [0.4, 0.5) is 5.82 Å². The summed E-state index contributed by atoms with van der Waals surface area (Å²) in [4.78, 5) is 18.6. The van der Waals surface area contributed by atoms with Gasteiger partial charge in [0, 0.05) is 57.8 Å². The molecule has 0 aliphatic carbocycles. The third-order valence-electron chi connectivity index (χ3n) is 5.34. The number of hydrogen-bond donors (Lipinski definition) is 1. The summed E-state index contributed by atoms with van der Waals surface area (Å²) in [5.74, 6) is 1.39. The maximum Gasteiger partial charge on any atom is 0.293 e. The highest BCUT2D eigenvalue weighted by atomic mass is 16.5. The molecular weight excluding hydrogens is 304 g/mol. The number of nitrogens with one attached hydrogen (secondary N) is 1. The van der Waals surface area contributed by atoms with Crippen molar-refractivity contribution in [1.29, 1.82) is 0 Å². The molecule has 3 rings (SSSR count). The van der Waals surface area contributed by atoms with Crippen LogP contribution in [0, 0.1) is 5.92 Å². The lowest BCUT2D eigenvalue weighted by atomic mass is 9.92. The maximum atomic E-state index is 12.2. The Morgan fingerprint density at radius 1 is 1.29 bits per heavy atom. The zero-order chi connectivity index (χ0) is 16.9. The molecule has 0 spiro atoms. The Bertz CT molecular complexity index is 575. The number of nitrogens with zero attached hydrogens (tertiary/aromatic N) is 3. The summed E-state index contributed by atoms with van der Waals surface area (Å²) in [7, 11) is 1.78. The van der Waals surface area contributed by atoms with E-state index < -0.39 is 0 Å². The molecule has 134 valence electrons. The smallest absolute Gasteiger partial charge is 0.293 e. The fourth-order valence-corrected chi connectivity index (χ4v) is 3.91. The quantitative estimate of drug-likeness (QED) is 0.885. The second kappa shape index (κ2) is 8.12. The third-order valence-corrected chi connectivity index (χ3v) is 5.34. The summed E-state index contributed by atoms with van der Waals surface area (Å²) in [6.07, 6.45) is 9.19. The van der Waals surface area contributed by atoms with Crippen LogP contribution >= 0.6 is 0 Å². The van der Waals surface area contributed by atoms with Gasteiger partial charge in [-0.1, -0.05) is 0 Å². The van der Waals surface area contributed by atoms with Gasteiger partial charge in [0.25, 0.3) is 5.56 Å². The van der Waals surface area contributed by atoms with Crippen molar-refractivity contribution < 1.29 is 4.74 Å². The molecule has 1 aromatic rings. The van der Waals surface area contributed by atoms with E-state index in [0.717, 1.165) is 45.1 Å². The summed E-state index contributed by atoms with van der Waals surface area (Å²) < 4.78 is 7.04. The topological polar surface area (TPSA) is 59.4 Å². The monoisotopic (exact) mass is 334 g/mol. The Labute approximate surface area is 144 Å². The van der Waals surface area contributed by atoms with Crippen molar-refractivity contribution in [3.8, 4) is 0 Å². The minimum Gasteiger partial charge on any atom is -0.381 e. The number of aromatic nitrogens is 2. The minimum absolute atomic E-state index is 0.00297. The molecule has 1 atom stereocenters. The molecule has 0 amide bonds. The highest BCUT2D eigenvalue weighted by Crippen LogP contribution is 2.21. The van der Waals surface area contributed by atoms with Gasteiger partial charge in [0.2, 0.25) is 0 Å². The van der Waals surface area contributed by atoms with Crippen LogP contribution in [0.25, 0.3) is 0 Å². The first-order chi connectivity index (χ1) is 11.6. The molecule has 2 saturated heterocycles. The second-order valence-electron chi connectivity index (χ2n) is 7.29. The van der Waals surface area contributed by atoms with Gasteiger partial charge in [-0.2, -0.15) is 0 Å². The van der Waals surface area contributed by atoms with E-state index in [-0.39, 0.29) is 5.56 Å². The number of anilines is 1. The molecule has 0 aromatic carbocycles. The molecule has 0 unspecified atom stereocenters. The summed E-state index contributed by atoms with van der Waals surface area (Å²) in [5, 5.41) is 3.79. The van der Waals surface area contributed by atoms with Crippen molar-refractivity contribution in [3.05, 3.63) is 22.7 Å². The van der Waals surface area contributed by atoms with Gasteiger partial charge >= 0.3 is 0 Å². The lowest BCUT2D eigenvalue weighted by Crippen LogP contribution is -2.47. The zero-order valence-electron chi connectivity index (χ0n) is 14.9. The highest BCUT2D eigenvalue weighted by Gasteiger charge is 2.24. The summed E-state index contributed by atoms with van der Waals surface area (Å²) >= 11 is 0. The van der Waals surface area contributed by atoms with Crippen LogP contribution < -0.4 is 15.8 Å². The van der Waals surface area contributed by atoms with E-state index in [9.17, 15) is 4.79 Å². The van der Waals surface area contributed by atoms with Gasteiger partial charge in [-0.25, -0.2) is 4.98 Å². The van der Waals surface area contributed by atoms with E-state index >= 15 is 0 Å². The number of piperidine rings is 1. The molecule has 1 aromatic heterocycles. The first kappa shape index (κ1) is 17.4. The van der Waals surface area contributed by atoms with Gasteiger partial charge < -0.3 is 19.5 Å². The van der Waals surface area contributed by atoms with E-state index in [1.54, 1.807) is 24.0 Å². The van der Waals surface area contributed by atoms with Crippen LogP contribution in [0.1, 0.15) is 39.0 Å². The number of rotatable bonds is 5.